The van der Waals surface area contributed by atoms with E-state index in [1.165, 1.54) is 10.2 Å². The molecule has 0 saturated carbocycles. The monoisotopic (exact) mass is 330 g/mol. The maximum atomic E-state index is 12.1. The Labute approximate surface area is 140 Å². The molecule has 0 atom stereocenters. The Morgan fingerprint density at radius 1 is 1.29 bits per heavy atom. The predicted molar refractivity (Wildman–Crippen MR) is 92.0 cm³/mol. The van der Waals surface area contributed by atoms with Crippen molar-refractivity contribution in [3.05, 3.63) is 51.3 Å². The lowest BCUT2D eigenvalue weighted by molar-refractivity contribution is -0.386. The zero-order chi connectivity index (χ0) is 17.7. The summed E-state index contributed by atoms with van der Waals surface area (Å²) in [6.07, 6.45) is 3.32. The zero-order valence-electron chi connectivity index (χ0n) is 14.2. The highest BCUT2D eigenvalue weighted by molar-refractivity contribution is 5.90. The van der Waals surface area contributed by atoms with Gasteiger partial charge in [-0.1, -0.05) is 25.5 Å². The fraction of sp³-hybridized carbons (Fsp3) is 0.412. The van der Waals surface area contributed by atoms with Crippen molar-refractivity contribution in [2.24, 2.45) is 0 Å². The van der Waals surface area contributed by atoms with Crippen molar-refractivity contribution in [1.29, 1.82) is 0 Å². The van der Waals surface area contributed by atoms with Crippen molar-refractivity contribution in [2.75, 3.05) is 5.32 Å². The summed E-state index contributed by atoms with van der Waals surface area (Å²) in [5, 5.41) is 17.9. The summed E-state index contributed by atoms with van der Waals surface area (Å²) in [7, 11) is 0. The normalized spacial score (nSPS) is 10.6. The molecule has 0 aliphatic rings. The van der Waals surface area contributed by atoms with Crippen LogP contribution >= 0.6 is 0 Å². The molecule has 1 amide bonds. The van der Waals surface area contributed by atoms with Gasteiger partial charge in [0, 0.05) is 5.69 Å². The molecule has 0 spiro atoms. The maximum Gasteiger partial charge on any atom is 0.312 e. The molecule has 1 heterocycles. The Morgan fingerprint density at radius 3 is 2.50 bits per heavy atom. The van der Waals surface area contributed by atoms with E-state index in [1.807, 2.05) is 24.3 Å². The number of anilines is 1. The van der Waals surface area contributed by atoms with Crippen LogP contribution in [0.3, 0.4) is 0 Å². The molecule has 1 aromatic heterocycles. The van der Waals surface area contributed by atoms with Gasteiger partial charge in [-0.2, -0.15) is 5.10 Å². The lowest BCUT2D eigenvalue weighted by Crippen LogP contribution is -2.20. The molecular weight excluding hydrogens is 308 g/mol. The summed E-state index contributed by atoms with van der Waals surface area (Å²) in [5.41, 5.74) is 2.59. The smallest absolute Gasteiger partial charge is 0.312 e. The molecule has 2 rings (SSSR count). The van der Waals surface area contributed by atoms with Gasteiger partial charge < -0.3 is 5.32 Å². The van der Waals surface area contributed by atoms with Crippen LogP contribution in [-0.4, -0.2) is 20.6 Å². The average molecular weight is 330 g/mol. The van der Waals surface area contributed by atoms with Crippen LogP contribution in [0.1, 0.15) is 36.7 Å². The van der Waals surface area contributed by atoms with Crippen LogP contribution in [0.25, 0.3) is 0 Å². The van der Waals surface area contributed by atoms with Crippen molar-refractivity contribution in [3.63, 3.8) is 0 Å². The van der Waals surface area contributed by atoms with Crippen molar-refractivity contribution in [1.82, 2.24) is 9.78 Å². The first-order valence-electron chi connectivity index (χ1n) is 7.99. The molecule has 0 fully saturated rings. The van der Waals surface area contributed by atoms with Gasteiger partial charge in [0.25, 0.3) is 0 Å². The third-order valence-electron chi connectivity index (χ3n) is 3.88. The van der Waals surface area contributed by atoms with Crippen LogP contribution in [0.15, 0.2) is 24.3 Å². The summed E-state index contributed by atoms with van der Waals surface area (Å²) in [5.74, 6) is -0.267. The van der Waals surface area contributed by atoms with E-state index in [2.05, 4.69) is 17.3 Å². The van der Waals surface area contributed by atoms with Crippen molar-refractivity contribution in [2.45, 2.75) is 46.6 Å². The highest BCUT2D eigenvalue weighted by atomic mass is 16.6. The van der Waals surface area contributed by atoms with E-state index in [4.69, 9.17) is 0 Å². The van der Waals surface area contributed by atoms with Crippen LogP contribution in [0.2, 0.25) is 0 Å². The highest BCUT2D eigenvalue weighted by Crippen LogP contribution is 2.21. The number of aryl methyl sites for hydroxylation is 2. The Kier molecular flexibility index (Phi) is 5.68. The van der Waals surface area contributed by atoms with E-state index < -0.39 is 4.92 Å². The van der Waals surface area contributed by atoms with Gasteiger partial charge in [0.1, 0.15) is 17.9 Å². The number of hydrogen-bond acceptors (Lipinski definition) is 4. The second-order valence-electron chi connectivity index (χ2n) is 5.78. The molecule has 24 heavy (non-hydrogen) atoms. The summed E-state index contributed by atoms with van der Waals surface area (Å²) in [6.45, 7) is 5.25. The number of aromatic nitrogens is 2. The van der Waals surface area contributed by atoms with Crippen LogP contribution < -0.4 is 5.32 Å². The zero-order valence-corrected chi connectivity index (χ0v) is 14.2. The minimum atomic E-state index is -0.471. The molecule has 7 nitrogen and oxygen atoms in total. The van der Waals surface area contributed by atoms with Gasteiger partial charge in [-0.25, -0.2) is 0 Å². The van der Waals surface area contributed by atoms with Crippen LogP contribution in [-0.2, 0) is 17.8 Å². The number of hydrogen-bond donors (Lipinski definition) is 1. The fourth-order valence-corrected chi connectivity index (χ4v) is 2.58. The number of carbonyl (C=O) groups is 1. The van der Waals surface area contributed by atoms with Crippen molar-refractivity contribution < 1.29 is 9.72 Å². The topological polar surface area (TPSA) is 90.1 Å². The van der Waals surface area contributed by atoms with Crippen LogP contribution in [0.4, 0.5) is 11.4 Å². The number of nitrogens with one attached hydrogen (secondary N) is 1. The lowest BCUT2D eigenvalue weighted by atomic mass is 10.1. The molecule has 7 heteroatoms. The molecule has 0 unspecified atom stereocenters. The summed E-state index contributed by atoms with van der Waals surface area (Å²) in [4.78, 5) is 22.7. The SMILES string of the molecule is CCCCc1ccc(NC(=O)Cn2nc(C)c([N+](=O)[O-])c2C)cc1. The number of benzene rings is 1. The van der Waals surface area contributed by atoms with E-state index in [9.17, 15) is 14.9 Å². The summed E-state index contributed by atoms with van der Waals surface area (Å²) in [6, 6.07) is 7.73. The van der Waals surface area contributed by atoms with Crippen molar-refractivity contribution >= 4 is 17.3 Å². The van der Waals surface area contributed by atoms with Gasteiger partial charge in [-0.15, -0.1) is 0 Å². The average Bonchev–Trinajstić information content (AvgIpc) is 2.80. The molecule has 0 radical (unpaired) electrons. The Morgan fingerprint density at radius 2 is 1.96 bits per heavy atom. The predicted octanol–water partition coefficient (Wildman–Crippen LogP) is 3.39. The van der Waals surface area contributed by atoms with Gasteiger partial charge in [0.15, 0.2) is 0 Å². The molecule has 0 aliphatic carbocycles. The molecule has 0 saturated heterocycles. The Bertz CT molecular complexity index is 735. The number of amides is 1. The third kappa shape index (κ3) is 4.18. The number of carbonyl (C=O) groups excluding carboxylic acids is 1. The number of rotatable bonds is 7. The van der Waals surface area contributed by atoms with E-state index in [0.29, 0.717) is 17.1 Å². The van der Waals surface area contributed by atoms with E-state index >= 15 is 0 Å². The molecule has 1 aromatic carbocycles. The van der Waals surface area contributed by atoms with Crippen molar-refractivity contribution in [3.8, 4) is 0 Å². The van der Waals surface area contributed by atoms with Gasteiger partial charge in [0.05, 0.1) is 4.92 Å². The first-order valence-corrected chi connectivity index (χ1v) is 7.99. The molecule has 0 aliphatic heterocycles. The van der Waals surface area contributed by atoms with Gasteiger partial charge in [-0.05, 0) is 44.4 Å². The van der Waals surface area contributed by atoms with E-state index in [-0.39, 0.29) is 18.1 Å². The third-order valence-corrected chi connectivity index (χ3v) is 3.88. The maximum absolute atomic E-state index is 12.1. The number of nitro groups is 1. The second-order valence-corrected chi connectivity index (χ2v) is 5.78. The molecule has 0 bridgehead atoms. The molecule has 1 N–H and O–H groups in total. The van der Waals surface area contributed by atoms with E-state index in [0.717, 1.165) is 19.3 Å². The standard InChI is InChI=1S/C17H22N4O3/c1-4-5-6-14-7-9-15(10-8-14)18-16(22)11-20-13(3)17(21(23)24)12(2)19-20/h7-10H,4-6,11H2,1-3H3,(H,18,22). The van der Waals surface area contributed by atoms with Gasteiger partial charge >= 0.3 is 5.69 Å². The summed E-state index contributed by atoms with van der Waals surface area (Å²) >= 11 is 0. The molecule has 128 valence electrons. The van der Waals surface area contributed by atoms with Gasteiger partial charge in [-0.3, -0.25) is 19.6 Å². The second kappa shape index (κ2) is 7.72. The van der Waals surface area contributed by atoms with Crippen LogP contribution in [0, 0.1) is 24.0 Å². The largest absolute Gasteiger partial charge is 0.324 e. The number of nitrogens with zero attached hydrogens (tertiary/aromatic N) is 3. The molecular formula is C17H22N4O3. The Balaban J connectivity index is 2.01. The van der Waals surface area contributed by atoms with E-state index in [1.54, 1.807) is 13.8 Å². The minimum absolute atomic E-state index is 0.0388. The quantitative estimate of drug-likeness (QED) is 0.622. The first-order chi connectivity index (χ1) is 11.4. The number of unbranched alkanes of at least 4 members (excludes halogenated alkanes) is 1. The lowest BCUT2D eigenvalue weighted by Gasteiger charge is -2.07. The fourth-order valence-electron chi connectivity index (χ4n) is 2.58. The summed E-state index contributed by atoms with van der Waals surface area (Å²) < 4.78 is 1.36. The van der Waals surface area contributed by atoms with Crippen LogP contribution in [0.5, 0.6) is 0 Å². The minimum Gasteiger partial charge on any atom is -0.324 e. The first kappa shape index (κ1) is 17.7. The highest BCUT2D eigenvalue weighted by Gasteiger charge is 2.22. The van der Waals surface area contributed by atoms with Gasteiger partial charge in [0.2, 0.25) is 5.91 Å². The molecule has 2 aromatic rings. The Hall–Kier alpha value is -2.70.